The third-order valence-corrected chi connectivity index (χ3v) is 5.43. The number of amides is 4. The summed E-state index contributed by atoms with van der Waals surface area (Å²) >= 11 is 0. The maximum atomic E-state index is 12.9. The number of nitrogens with one attached hydrogen (secondary N) is 2. The number of nitrogens with zero attached hydrogens (tertiary/aromatic N) is 2. The highest BCUT2D eigenvalue weighted by Crippen LogP contribution is 2.30. The number of imide groups is 1. The molecule has 1 aliphatic heterocycles. The van der Waals surface area contributed by atoms with Gasteiger partial charge in [-0.3, -0.25) is 14.5 Å². The van der Waals surface area contributed by atoms with E-state index in [9.17, 15) is 19.6 Å². The molecule has 2 fully saturated rings. The molecule has 1 atom stereocenters. The molecule has 3 rings (SSSR count). The Hall–Kier alpha value is -3.08. The molecular weight excluding hydrogens is 360 g/mol. The van der Waals surface area contributed by atoms with Gasteiger partial charge in [-0.2, -0.15) is 5.26 Å². The predicted molar refractivity (Wildman–Crippen MR) is 100 cm³/mol. The summed E-state index contributed by atoms with van der Waals surface area (Å²) in [4.78, 5) is 38.6. The third-order valence-electron chi connectivity index (χ3n) is 5.43. The Balaban J connectivity index is 1.71. The van der Waals surface area contributed by atoms with Crippen molar-refractivity contribution in [3.63, 3.8) is 0 Å². The van der Waals surface area contributed by atoms with Crippen LogP contribution >= 0.6 is 0 Å². The van der Waals surface area contributed by atoms with Gasteiger partial charge in [-0.15, -0.1) is 0 Å². The summed E-state index contributed by atoms with van der Waals surface area (Å²) in [6, 6.07) is 8.82. The molecule has 1 aromatic rings. The first kappa shape index (κ1) is 19.7. The molecule has 1 heterocycles. The van der Waals surface area contributed by atoms with E-state index in [-0.39, 0.29) is 6.42 Å². The molecule has 0 aromatic heterocycles. The van der Waals surface area contributed by atoms with Crippen LogP contribution < -0.4 is 15.4 Å². The zero-order valence-electron chi connectivity index (χ0n) is 16.1. The number of hydrogen-bond acceptors (Lipinski definition) is 5. The Kier molecular flexibility index (Phi) is 5.27. The van der Waals surface area contributed by atoms with Gasteiger partial charge in [0, 0.05) is 6.42 Å². The van der Waals surface area contributed by atoms with Crippen LogP contribution in [0.1, 0.15) is 38.2 Å². The highest BCUT2D eigenvalue weighted by Gasteiger charge is 2.49. The molecule has 0 unspecified atom stereocenters. The van der Waals surface area contributed by atoms with E-state index in [1.807, 2.05) is 18.2 Å². The summed E-state index contributed by atoms with van der Waals surface area (Å²) in [5.74, 6) is -0.358. The van der Waals surface area contributed by atoms with Crippen molar-refractivity contribution in [3.8, 4) is 11.8 Å². The van der Waals surface area contributed by atoms with E-state index >= 15 is 0 Å². The maximum absolute atomic E-state index is 12.9. The number of carbonyl (C=O) groups excluding carboxylic acids is 3. The lowest BCUT2D eigenvalue weighted by atomic mass is 9.92. The second kappa shape index (κ2) is 7.50. The second-order valence-electron chi connectivity index (χ2n) is 7.59. The lowest BCUT2D eigenvalue weighted by Crippen LogP contribution is -2.51. The fourth-order valence-corrected chi connectivity index (χ4v) is 3.93. The molecule has 2 aliphatic rings. The molecule has 0 radical (unpaired) electrons. The largest absolute Gasteiger partial charge is 0.496 e. The topological polar surface area (TPSA) is 112 Å². The molecule has 1 aliphatic carbocycles. The highest BCUT2D eigenvalue weighted by atomic mass is 16.5. The van der Waals surface area contributed by atoms with Crippen molar-refractivity contribution in [1.82, 2.24) is 15.5 Å². The van der Waals surface area contributed by atoms with Crippen LogP contribution in [0.3, 0.4) is 0 Å². The van der Waals surface area contributed by atoms with Crippen LogP contribution in [0.5, 0.6) is 5.75 Å². The van der Waals surface area contributed by atoms with Gasteiger partial charge in [0.05, 0.1) is 13.2 Å². The second-order valence-corrected chi connectivity index (χ2v) is 7.59. The summed E-state index contributed by atoms with van der Waals surface area (Å²) in [7, 11) is 1.54. The van der Waals surface area contributed by atoms with Crippen molar-refractivity contribution >= 4 is 17.8 Å². The summed E-state index contributed by atoms with van der Waals surface area (Å²) < 4.78 is 5.32. The van der Waals surface area contributed by atoms with Gasteiger partial charge in [-0.25, -0.2) is 4.79 Å². The van der Waals surface area contributed by atoms with Crippen LogP contribution in [0.2, 0.25) is 0 Å². The normalized spacial score (nSPS) is 23.2. The summed E-state index contributed by atoms with van der Waals surface area (Å²) in [6.07, 6.45) is 3.14. The molecule has 1 saturated carbocycles. The summed E-state index contributed by atoms with van der Waals surface area (Å²) in [5.41, 5.74) is -1.29. The van der Waals surface area contributed by atoms with Crippen molar-refractivity contribution < 1.29 is 19.1 Å². The molecule has 8 heteroatoms. The van der Waals surface area contributed by atoms with Crippen LogP contribution in [-0.4, -0.2) is 47.5 Å². The molecule has 28 heavy (non-hydrogen) atoms. The van der Waals surface area contributed by atoms with Gasteiger partial charge < -0.3 is 15.4 Å². The van der Waals surface area contributed by atoms with Gasteiger partial charge >= 0.3 is 6.03 Å². The van der Waals surface area contributed by atoms with Crippen molar-refractivity contribution in [2.75, 3.05) is 13.7 Å². The maximum Gasteiger partial charge on any atom is 0.325 e. The quantitative estimate of drug-likeness (QED) is 0.722. The number of benzene rings is 1. The number of rotatable bonds is 6. The monoisotopic (exact) mass is 384 g/mol. The minimum Gasteiger partial charge on any atom is -0.496 e. The van der Waals surface area contributed by atoms with E-state index in [1.165, 1.54) is 0 Å². The Morgan fingerprint density at radius 1 is 1.32 bits per heavy atom. The lowest BCUT2D eigenvalue weighted by molar-refractivity contribution is -0.135. The first-order valence-corrected chi connectivity index (χ1v) is 9.31. The first-order chi connectivity index (χ1) is 13.3. The van der Waals surface area contributed by atoms with Gasteiger partial charge in [0.1, 0.15) is 23.4 Å². The Morgan fingerprint density at radius 3 is 2.64 bits per heavy atom. The van der Waals surface area contributed by atoms with Crippen molar-refractivity contribution in [3.05, 3.63) is 29.8 Å². The predicted octanol–water partition coefficient (Wildman–Crippen LogP) is 1.50. The molecule has 2 N–H and O–H groups in total. The third kappa shape index (κ3) is 3.65. The standard InChI is InChI=1S/C20H24N4O4/c1-19(11-14-7-3-4-8-15(14)28-2)17(26)24(18(27)23-19)12-16(25)22-20(13-21)9-5-6-10-20/h3-4,7-8H,5-6,9-12H2,1-2H3,(H,22,25)(H,23,27)/t19-/m0/s1. The fraction of sp³-hybridized carbons (Fsp3) is 0.500. The van der Waals surface area contributed by atoms with Gasteiger partial charge in [0.25, 0.3) is 5.91 Å². The average molecular weight is 384 g/mol. The van der Waals surface area contributed by atoms with Crippen LogP contribution in [-0.2, 0) is 16.0 Å². The number of para-hydroxylation sites is 1. The van der Waals surface area contributed by atoms with Crippen molar-refractivity contribution in [1.29, 1.82) is 5.26 Å². The molecule has 148 valence electrons. The van der Waals surface area contributed by atoms with Crippen LogP contribution in [0.25, 0.3) is 0 Å². The molecular formula is C20H24N4O4. The molecule has 0 spiro atoms. The number of nitriles is 1. The van der Waals surface area contributed by atoms with Crippen molar-refractivity contribution in [2.24, 2.45) is 0 Å². The first-order valence-electron chi connectivity index (χ1n) is 9.31. The molecule has 4 amide bonds. The summed E-state index contributed by atoms with van der Waals surface area (Å²) in [5, 5.41) is 14.8. The highest BCUT2D eigenvalue weighted by molar-refractivity contribution is 6.09. The van der Waals surface area contributed by atoms with E-state index in [0.717, 1.165) is 23.3 Å². The number of carbonyl (C=O) groups is 3. The van der Waals surface area contributed by atoms with Gasteiger partial charge in [0.15, 0.2) is 0 Å². The smallest absolute Gasteiger partial charge is 0.325 e. The Labute approximate surface area is 163 Å². The number of hydrogen-bond donors (Lipinski definition) is 2. The van der Waals surface area contributed by atoms with E-state index in [0.29, 0.717) is 18.6 Å². The SMILES string of the molecule is COc1ccccc1C[C@]1(C)NC(=O)N(CC(=O)NC2(C#N)CCCC2)C1=O. The lowest BCUT2D eigenvalue weighted by Gasteiger charge is -2.24. The van der Waals surface area contributed by atoms with Gasteiger partial charge in [-0.1, -0.05) is 18.2 Å². The Bertz CT molecular complexity index is 841. The molecule has 0 bridgehead atoms. The van der Waals surface area contributed by atoms with E-state index in [4.69, 9.17) is 4.74 Å². The van der Waals surface area contributed by atoms with Crippen LogP contribution in [0.4, 0.5) is 4.79 Å². The minimum absolute atomic E-state index is 0.238. The fourth-order valence-electron chi connectivity index (χ4n) is 3.93. The van der Waals surface area contributed by atoms with Crippen LogP contribution in [0.15, 0.2) is 24.3 Å². The zero-order valence-corrected chi connectivity index (χ0v) is 16.1. The number of methoxy groups -OCH3 is 1. The number of urea groups is 1. The van der Waals surface area contributed by atoms with E-state index in [2.05, 4.69) is 16.7 Å². The molecule has 1 aromatic carbocycles. The van der Waals surface area contributed by atoms with E-state index < -0.39 is 35.5 Å². The van der Waals surface area contributed by atoms with E-state index in [1.54, 1.807) is 20.1 Å². The van der Waals surface area contributed by atoms with Gasteiger partial charge in [-0.05, 0) is 44.2 Å². The van der Waals surface area contributed by atoms with Crippen LogP contribution in [0, 0.1) is 11.3 Å². The molecule has 1 saturated heterocycles. The van der Waals surface area contributed by atoms with Gasteiger partial charge in [0.2, 0.25) is 5.91 Å². The summed E-state index contributed by atoms with van der Waals surface area (Å²) in [6.45, 7) is 1.22. The zero-order chi connectivity index (χ0) is 20.4. The minimum atomic E-state index is -1.17. The Morgan fingerprint density at radius 2 is 2.00 bits per heavy atom. The average Bonchev–Trinajstić information content (AvgIpc) is 3.21. The number of ether oxygens (including phenoxy) is 1. The molecule has 8 nitrogen and oxygen atoms in total. The van der Waals surface area contributed by atoms with Crippen molar-refractivity contribution in [2.45, 2.75) is 50.1 Å².